The molecular formula is C15H21N3OS. The van der Waals surface area contributed by atoms with E-state index in [-0.39, 0.29) is 0 Å². The van der Waals surface area contributed by atoms with E-state index in [1.54, 1.807) is 18.4 Å². The van der Waals surface area contributed by atoms with E-state index in [1.165, 1.54) is 16.1 Å². The summed E-state index contributed by atoms with van der Waals surface area (Å²) in [4.78, 5) is 8.08. The molecule has 1 heterocycles. The van der Waals surface area contributed by atoms with Crippen LogP contribution in [0.3, 0.4) is 0 Å². The second kappa shape index (κ2) is 6.83. The zero-order valence-corrected chi connectivity index (χ0v) is 13.3. The van der Waals surface area contributed by atoms with Gasteiger partial charge < -0.3 is 15.0 Å². The van der Waals surface area contributed by atoms with Crippen LogP contribution in [0.15, 0.2) is 24.3 Å². The molecule has 4 nitrogen and oxygen atoms in total. The minimum Gasteiger partial charge on any atom is -0.378 e. The fourth-order valence-corrected chi connectivity index (χ4v) is 3.15. The standard InChI is InChI=1S/C15H21N3OS/c1-11-7-5-6-8-13(11)18(3)15-17-12(10-19-4)14(20-15)9-16-2/h5-8,16H,9-10H2,1-4H3. The summed E-state index contributed by atoms with van der Waals surface area (Å²) in [7, 11) is 5.70. The lowest BCUT2D eigenvalue weighted by atomic mass is 10.2. The number of hydrogen-bond acceptors (Lipinski definition) is 5. The second-order valence-electron chi connectivity index (χ2n) is 4.68. The number of para-hydroxylation sites is 1. The minimum atomic E-state index is 0.551. The Bertz CT molecular complexity index is 544. The van der Waals surface area contributed by atoms with Crippen molar-refractivity contribution >= 4 is 22.2 Å². The van der Waals surface area contributed by atoms with Crippen LogP contribution in [0.5, 0.6) is 0 Å². The SMILES string of the molecule is CNCc1sc(N(C)c2ccccc2C)nc1COC. The lowest BCUT2D eigenvalue weighted by Gasteiger charge is -2.18. The lowest BCUT2D eigenvalue weighted by molar-refractivity contribution is 0.181. The molecule has 1 aromatic carbocycles. The van der Waals surface area contributed by atoms with Crippen LogP contribution in [0.2, 0.25) is 0 Å². The Kier molecular flexibility index (Phi) is 5.11. The molecule has 0 fully saturated rings. The van der Waals surface area contributed by atoms with Gasteiger partial charge in [-0.1, -0.05) is 29.5 Å². The van der Waals surface area contributed by atoms with Gasteiger partial charge in [-0.3, -0.25) is 0 Å². The van der Waals surface area contributed by atoms with Gasteiger partial charge in [0, 0.05) is 31.3 Å². The van der Waals surface area contributed by atoms with E-state index in [9.17, 15) is 0 Å². The summed E-state index contributed by atoms with van der Waals surface area (Å²) >= 11 is 1.71. The summed E-state index contributed by atoms with van der Waals surface area (Å²) in [5, 5.41) is 4.18. The first-order chi connectivity index (χ1) is 9.67. The van der Waals surface area contributed by atoms with E-state index in [0.717, 1.165) is 17.4 Å². The molecule has 0 spiro atoms. The maximum Gasteiger partial charge on any atom is 0.190 e. The second-order valence-corrected chi connectivity index (χ2v) is 5.74. The number of anilines is 2. The number of thiazole rings is 1. The minimum absolute atomic E-state index is 0.551. The third-order valence-corrected chi connectivity index (χ3v) is 4.32. The highest BCUT2D eigenvalue weighted by atomic mass is 32.1. The van der Waals surface area contributed by atoms with Crippen LogP contribution in [-0.2, 0) is 17.9 Å². The fraction of sp³-hybridized carbons (Fsp3) is 0.400. The number of aromatic nitrogens is 1. The molecule has 5 heteroatoms. The average molecular weight is 291 g/mol. The van der Waals surface area contributed by atoms with Gasteiger partial charge in [-0.05, 0) is 25.6 Å². The summed E-state index contributed by atoms with van der Waals surface area (Å²) in [5.41, 5.74) is 3.44. The van der Waals surface area contributed by atoms with Gasteiger partial charge >= 0.3 is 0 Å². The predicted molar refractivity (Wildman–Crippen MR) is 84.8 cm³/mol. The molecule has 108 valence electrons. The molecule has 20 heavy (non-hydrogen) atoms. The van der Waals surface area contributed by atoms with E-state index in [2.05, 4.69) is 48.5 Å². The van der Waals surface area contributed by atoms with Crippen molar-refractivity contribution in [2.24, 2.45) is 0 Å². The van der Waals surface area contributed by atoms with Crippen LogP contribution in [0.1, 0.15) is 16.1 Å². The molecule has 0 bridgehead atoms. The van der Waals surface area contributed by atoms with Gasteiger partial charge in [-0.25, -0.2) is 4.98 Å². The van der Waals surface area contributed by atoms with Crippen molar-refractivity contribution in [2.75, 3.05) is 26.1 Å². The molecule has 1 aromatic heterocycles. The van der Waals surface area contributed by atoms with Crippen molar-refractivity contribution < 1.29 is 4.74 Å². The smallest absolute Gasteiger partial charge is 0.190 e. The molecule has 0 saturated carbocycles. The molecule has 0 aliphatic heterocycles. The van der Waals surface area contributed by atoms with Gasteiger partial charge in [-0.15, -0.1) is 0 Å². The van der Waals surface area contributed by atoms with Gasteiger partial charge in [0.05, 0.1) is 12.3 Å². The molecule has 0 saturated heterocycles. The van der Waals surface area contributed by atoms with Crippen molar-refractivity contribution in [1.29, 1.82) is 0 Å². The summed E-state index contributed by atoms with van der Waals surface area (Å²) < 4.78 is 5.24. The number of rotatable bonds is 6. The molecule has 0 aliphatic rings. The molecular weight excluding hydrogens is 270 g/mol. The number of ether oxygens (including phenoxy) is 1. The van der Waals surface area contributed by atoms with Crippen molar-refractivity contribution in [3.05, 3.63) is 40.4 Å². The first kappa shape index (κ1) is 15.0. The zero-order chi connectivity index (χ0) is 14.5. The summed E-state index contributed by atoms with van der Waals surface area (Å²) in [6.45, 7) is 3.48. The Morgan fingerprint density at radius 3 is 2.75 bits per heavy atom. The van der Waals surface area contributed by atoms with Crippen molar-refractivity contribution in [2.45, 2.75) is 20.1 Å². The Morgan fingerprint density at radius 2 is 2.10 bits per heavy atom. The topological polar surface area (TPSA) is 37.4 Å². The summed E-state index contributed by atoms with van der Waals surface area (Å²) in [5.74, 6) is 0. The van der Waals surface area contributed by atoms with Crippen LogP contribution < -0.4 is 10.2 Å². The number of nitrogens with zero attached hydrogens (tertiary/aromatic N) is 2. The summed E-state index contributed by atoms with van der Waals surface area (Å²) in [6.07, 6.45) is 0. The highest BCUT2D eigenvalue weighted by molar-refractivity contribution is 7.15. The van der Waals surface area contributed by atoms with Crippen molar-refractivity contribution in [3.8, 4) is 0 Å². The molecule has 0 unspecified atom stereocenters. The van der Waals surface area contributed by atoms with E-state index < -0.39 is 0 Å². The van der Waals surface area contributed by atoms with Crippen LogP contribution >= 0.6 is 11.3 Å². The third-order valence-electron chi connectivity index (χ3n) is 3.15. The monoisotopic (exact) mass is 291 g/mol. The highest BCUT2D eigenvalue weighted by Crippen LogP contribution is 2.32. The predicted octanol–water partition coefficient (Wildman–Crippen LogP) is 3.09. The maximum absolute atomic E-state index is 5.24. The lowest BCUT2D eigenvalue weighted by Crippen LogP contribution is -2.10. The Balaban J connectivity index is 2.32. The molecule has 1 N–H and O–H groups in total. The first-order valence-electron chi connectivity index (χ1n) is 6.58. The Morgan fingerprint density at radius 1 is 1.35 bits per heavy atom. The number of methoxy groups -OCH3 is 1. The van der Waals surface area contributed by atoms with Gasteiger partial charge in [0.15, 0.2) is 5.13 Å². The van der Waals surface area contributed by atoms with Gasteiger partial charge in [-0.2, -0.15) is 0 Å². The maximum atomic E-state index is 5.24. The van der Waals surface area contributed by atoms with Crippen molar-refractivity contribution in [1.82, 2.24) is 10.3 Å². The van der Waals surface area contributed by atoms with E-state index >= 15 is 0 Å². The molecule has 0 aliphatic carbocycles. The Hall–Kier alpha value is -1.43. The fourth-order valence-electron chi connectivity index (χ4n) is 2.10. The zero-order valence-electron chi connectivity index (χ0n) is 12.4. The van der Waals surface area contributed by atoms with Gasteiger partial charge in [0.25, 0.3) is 0 Å². The number of hydrogen-bond donors (Lipinski definition) is 1. The quantitative estimate of drug-likeness (QED) is 0.887. The number of aryl methyl sites for hydroxylation is 1. The summed E-state index contributed by atoms with van der Waals surface area (Å²) in [6, 6.07) is 8.34. The van der Waals surface area contributed by atoms with Crippen LogP contribution in [0, 0.1) is 6.92 Å². The Labute approximate surface area is 124 Å². The average Bonchev–Trinajstić information content (AvgIpc) is 2.83. The highest BCUT2D eigenvalue weighted by Gasteiger charge is 2.15. The third kappa shape index (κ3) is 3.17. The molecule has 0 atom stereocenters. The first-order valence-corrected chi connectivity index (χ1v) is 7.40. The number of benzene rings is 1. The molecule has 2 rings (SSSR count). The van der Waals surface area contributed by atoms with Gasteiger partial charge in [0.2, 0.25) is 0 Å². The van der Waals surface area contributed by atoms with E-state index in [1.807, 2.05) is 7.05 Å². The van der Waals surface area contributed by atoms with Crippen molar-refractivity contribution in [3.63, 3.8) is 0 Å². The van der Waals surface area contributed by atoms with Crippen LogP contribution in [0.25, 0.3) is 0 Å². The van der Waals surface area contributed by atoms with E-state index in [0.29, 0.717) is 6.61 Å². The van der Waals surface area contributed by atoms with E-state index in [4.69, 9.17) is 9.72 Å². The van der Waals surface area contributed by atoms with Gasteiger partial charge in [0.1, 0.15) is 0 Å². The van der Waals surface area contributed by atoms with Crippen LogP contribution in [-0.4, -0.2) is 26.2 Å². The normalized spacial score (nSPS) is 10.8. The largest absolute Gasteiger partial charge is 0.378 e. The molecule has 0 radical (unpaired) electrons. The van der Waals surface area contributed by atoms with Crippen LogP contribution in [0.4, 0.5) is 10.8 Å². The molecule has 0 amide bonds. The number of nitrogens with one attached hydrogen (secondary N) is 1. The molecule has 2 aromatic rings.